The number of rotatable bonds is 4. The van der Waals surface area contributed by atoms with Crippen molar-refractivity contribution in [3.05, 3.63) is 83.9 Å². The molecule has 0 radical (unpaired) electrons. The lowest BCUT2D eigenvalue weighted by atomic mass is 10.0. The van der Waals surface area contributed by atoms with Gasteiger partial charge in [-0.25, -0.2) is 0 Å². The topological polar surface area (TPSA) is 3.24 Å². The normalized spacial score (nSPS) is 10.6. The van der Waals surface area contributed by atoms with Gasteiger partial charge in [-0.3, -0.25) is 3.11 Å². The van der Waals surface area contributed by atoms with E-state index in [9.17, 15) is 0 Å². The van der Waals surface area contributed by atoms with Crippen LogP contribution in [0, 0.1) is 6.92 Å². The van der Waals surface area contributed by atoms with E-state index in [2.05, 4.69) is 113 Å². The van der Waals surface area contributed by atoms with Gasteiger partial charge in [-0.1, -0.05) is 61.0 Å². The Bertz CT molecular complexity index is 758. The van der Waals surface area contributed by atoms with Crippen molar-refractivity contribution >= 4 is 34.2 Å². The third-order valence-electron chi connectivity index (χ3n) is 4.05. The third-order valence-corrected chi connectivity index (χ3v) is 5.16. The van der Waals surface area contributed by atoms with Crippen LogP contribution in [0.4, 0.5) is 11.4 Å². The summed E-state index contributed by atoms with van der Waals surface area (Å²) >= 11 is 2.35. The number of nitrogens with zero attached hydrogens (tertiary/aromatic N) is 1. The Morgan fingerprint density at radius 2 is 1.13 bits per heavy atom. The lowest BCUT2D eigenvalue weighted by Crippen LogP contribution is -2.00. The quantitative estimate of drug-likeness (QED) is 0.339. The molecule has 3 aromatic rings. The summed E-state index contributed by atoms with van der Waals surface area (Å²) in [5.41, 5.74) is 7.56. The zero-order valence-electron chi connectivity index (χ0n) is 13.5. The van der Waals surface area contributed by atoms with E-state index >= 15 is 0 Å². The molecular formula is C21H20IN. The van der Waals surface area contributed by atoms with E-state index in [0.29, 0.717) is 0 Å². The van der Waals surface area contributed by atoms with Crippen LogP contribution in [0.25, 0.3) is 11.1 Å². The van der Waals surface area contributed by atoms with E-state index in [-0.39, 0.29) is 0 Å². The van der Waals surface area contributed by atoms with Crippen molar-refractivity contribution < 1.29 is 0 Å². The van der Waals surface area contributed by atoms with Gasteiger partial charge < -0.3 is 0 Å². The molecule has 0 aliphatic heterocycles. The van der Waals surface area contributed by atoms with Crippen molar-refractivity contribution in [1.82, 2.24) is 0 Å². The molecule has 0 aliphatic rings. The summed E-state index contributed by atoms with van der Waals surface area (Å²) in [4.78, 5) is 0. The van der Waals surface area contributed by atoms with Crippen molar-refractivity contribution in [2.75, 3.05) is 3.11 Å². The van der Waals surface area contributed by atoms with Gasteiger partial charge in [-0.15, -0.1) is 0 Å². The highest BCUT2D eigenvalue weighted by Crippen LogP contribution is 2.31. The van der Waals surface area contributed by atoms with Crippen molar-refractivity contribution in [3.8, 4) is 11.1 Å². The summed E-state index contributed by atoms with van der Waals surface area (Å²) < 4.78 is 2.18. The first kappa shape index (κ1) is 16.1. The Kier molecular flexibility index (Phi) is 5.01. The van der Waals surface area contributed by atoms with Crippen molar-refractivity contribution in [2.45, 2.75) is 20.3 Å². The van der Waals surface area contributed by atoms with Gasteiger partial charge in [0.15, 0.2) is 0 Å². The van der Waals surface area contributed by atoms with Crippen LogP contribution in [0.1, 0.15) is 18.1 Å². The summed E-state index contributed by atoms with van der Waals surface area (Å²) in [5.74, 6) is 0. The molecule has 0 unspecified atom stereocenters. The number of anilines is 2. The minimum absolute atomic E-state index is 1.08. The Balaban J connectivity index is 1.82. The van der Waals surface area contributed by atoms with Crippen LogP contribution in [0.15, 0.2) is 72.8 Å². The maximum atomic E-state index is 2.35. The van der Waals surface area contributed by atoms with Crippen molar-refractivity contribution in [3.63, 3.8) is 0 Å². The first-order valence-electron chi connectivity index (χ1n) is 7.89. The van der Waals surface area contributed by atoms with E-state index in [4.69, 9.17) is 0 Å². The summed E-state index contributed by atoms with van der Waals surface area (Å²) in [7, 11) is 0. The summed E-state index contributed by atoms with van der Waals surface area (Å²) in [5, 5.41) is 0. The molecule has 0 heterocycles. The van der Waals surface area contributed by atoms with Crippen LogP contribution in [0.5, 0.6) is 0 Å². The van der Waals surface area contributed by atoms with Crippen LogP contribution in [-0.4, -0.2) is 0 Å². The van der Waals surface area contributed by atoms with Gasteiger partial charge in [0.2, 0.25) is 0 Å². The Hall–Kier alpha value is -1.81. The number of hydrogen-bond acceptors (Lipinski definition) is 1. The Morgan fingerprint density at radius 1 is 0.696 bits per heavy atom. The predicted octanol–water partition coefficient (Wildman–Crippen LogP) is 6.71. The zero-order chi connectivity index (χ0) is 16.2. The third kappa shape index (κ3) is 3.75. The minimum Gasteiger partial charge on any atom is -0.283 e. The largest absolute Gasteiger partial charge is 0.283 e. The second kappa shape index (κ2) is 7.18. The molecular weight excluding hydrogens is 393 g/mol. The average Bonchev–Trinajstić information content (AvgIpc) is 2.62. The molecule has 0 N–H and O–H groups in total. The maximum Gasteiger partial charge on any atom is 0.0646 e. The number of aryl methyl sites for hydroxylation is 2. The van der Waals surface area contributed by atoms with E-state index in [0.717, 1.165) is 6.42 Å². The van der Waals surface area contributed by atoms with Gasteiger partial charge in [-0.05, 0) is 54.3 Å². The van der Waals surface area contributed by atoms with E-state index in [1.54, 1.807) is 0 Å². The standard InChI is InChI=1S/C21H20IN/c1-3-17-6-8-18(9-7-17)19-10-14-21(15-11-19)23(22)20-12-4-16(2)5-13-20/h4-15H,3H2,1-2H3. The first-order valence-corrected chi connectivity index (χ1v) is 8.86. The summed E-state index contributed by atoms with van der Waals surface area (Å²) in [6.07, 6.45) is 1.08. The molecule has 0 atom stereocenters. The molecule has 0 aliphatic carbocycles. The van der Waals surface area contributed by atoms with Crippen LogP contribution >= 0.6 is 22.9 Å². The molecule has 23 heavy (non-hydrogen) atoms. The summed E-state index contributed by atoms with van der Waals surface area (Å²) in [6, 6.07) is 26.1. The molecule has 0 bridgehead atoms. The fourth-order valence-electron chi connectivity index (χ4n) is 2.54. The first-order chi connectivity index (χ1) is 11.2. The Labute approximate surface area is 152 Å². The van der Waals surface area contributed by atoms with Crippen LogP contribution in [0.2, 0.25) is 0 Å². The molecule has 0 aromatic heterocycles. The van der Waals surface area contributed by atoms with E-state index in [1.807, 2.05) is 0 Å². The molecule has 0 fully saturated rings. The molecule has 0 saturated heterocycles. The second-order valence-electron chi connectivity index (χ2n) is 5.71. The lowest BCUT2D eigenvalue weighted by molar-refractivity contribution is 1.14. The van der Waals surface area contributed by atoms with Crippen LogP contribution in [-0.2, 0) is 6.42 Å². The predicted molar refractivity (Wildman–Crippen MR) is 109 cm³/mol. The summed E-state index contributed by atoms with van der Waals surface area (Å²) in [6.45, 7) is 4.30. The van der Waals surface area contributed by atoms with Crippen molar-refractivity contribution in [2.24, 2.45) is 0 Å². The minimum atomic E-state index is 1.08. The van der Waals surface area contributed by atoms with Gasteiger partial charge in [0.25, 0.3) is 0 Å². The molecule has 116 valence electrons. The molecule has 0 saturated carbocycles. The molecule has 1 nitrogen and oxygen atoms in total. The molecule has 0 amide bonds. The fourth-order valence-corrected chi connectivity index (χ4v) is 3.19. The monoisotopic (exact) mass is 413 g/mol. The molecule has 3 aromatic carbocycles. The Morgan fingerprint density at radius 3 is 1.61 bits per heavy atom. The van der Waals surface area contributed by atoms with Gasteiger partial charge in [-0.2, -0.15) is 0 Å². The maximum absolute atomic E-state index is 2.35. The number of hydrogen-bond donors (Lipinski definition) is 0. The SMILES string of the molecule is CCc1ccc(-c2ccc(N(I)c3ccc(C)cc3)cc2)cc1. The van der Waals surface area contributed by atoms with Crippen molar-refractivity contribution in [1.29, 1.82) is 0 Å². The zero-order valence-corrected chi connectivity index (χ0v) is 15.6. The van der Waals surface area contributed by atoms with Gasteiger partial charge >= 0.3 is 0 Å². The highest BCUT2D eigenvalue weighted by Gasteiger charge is 2.06. The highest BCUT2D eigenvalue weighted by atomic mass is 127. The van der Waals surface area contributed by atoms with Crippen LogP contribution in [0.3, 0.4) is 0 Å². The van der Waals surface area contributed by atoms with E-state index in [1.165, 1.54) is 33.6 Å². The molecule has 0 spiro atoms. The van der Waals surface area contributed by atoms with Gasteiger partial charge in [0.05, 0.1) is 34.2 Å². The fraction of sp³-hybridized carbons (Fsp3) is 0.143. The van der Waals surface area contributed by atoms with E-state index < -0.39 is 0 Å². The second-order valence-corrected chi connectivity index (χ2v) is 6.68. The molecule has 3 rings (SSSR count). The van der Waals surface area contributed by atoms with Gasteiger partial charge in [0.1, 0.15) is 0 Å². The molecule has 2 heteroatoms. The lowest BCUT2D eigenvalue weighted by Gasteiger charge is -2.17. The highest BCUT2D eigenvalue weighted by molar-refractivity contribution is 14.1. The number of benzene rings is 3. The van der Waals surface area contributed by atoms with Crippen LogP contribution < -0.4 is 3.11 Å². The smallest absolute Gasteiger partial charge is 0.0646 e. The average molecular weight is 413 g/mol. The van der Waals surface area contributed by atoms with Gasteiger partial charge in [0, 0.05) is 0 Å². The number of halogens is 1.